The maximum absolute atomic E-state index is 13.8. The molecule has 0 aliphatic heterocycles. The molecule has 0 amide bonds. The number of hydrazine groups is 1. The number of hydrogen-bond acceptors (Lipinski definition) is 2. The van der Waals surface area contributed by atoms with Gasteiger partial charge in [0.1, 0.15) is 0 Å². The van der Waals surface area contributed by atoms with Crippen LogP contribution in [0.25, 0.3) is 0 Å². The first-order valence-corrected chi connectivity index (χ1v) is 7.40. The summed E-state index contributed by atoms with van der Waals surface area (Å²) in [6.45, 7) is 4.50. The monoisotopic (exact) mass is 282 g/mol. The van der Waals surface area contributed by atoms with Crippen LogP contribution in [0.2, 0.25) is 0 Å². The minimum atomic E-state index is -0.788. The Hall–Kier alpha value is -1.00. The van der Waals surface area contributed by atoms with Crippen LogP contribution in [0.1, 0.15) is 38.7 Å². The molecule has 0 radical (unpaired) electrons. The van der Waals surface area contributed by atoms with Crippen LogP contribution >= 0.6 is 0 Å². The Morgan fingerprint density at radius 2 is 1.85 bits per heavy atom. The Morgan fingerprint density at radius 3 is 2.45 bits per heavy atom. The third-order valence-corrected chi connectivity index (χ3v) is 4.47. The number of hydrogen-bond donors (Lipinski definition) is 2. The van der Waals surface area contributed by atoms with Crippen LogP contribution in [0.3, 0.4) is 0 Å². The average Bonchev–Trinajstić information content (AvgIpc) is 2.39. The topological polar surface area (TPSA) is 38.0 Å². The molecule has 1 aliphatic carbocycles. The van der Waals surface area contributed by atoms with Crippen LogP contribution in [0.15, 0.2) is 18.2 Å². The third-order valence-electron chi connectivity index (χ3n) is 4.47. The molecule has 4 heteroatoms. The lowest BCUT2D eigenvalue weighted by molar-refractivity contribution is 0.175. The predicted molar refractivity (Wildman–Crippen MR) is 76.8 cm³/mol. The summed E-state index contributed by atoms with van der Waals surface area (Å²) in [6.07, 6.45) is 3.86. The zero-order chi connectivity index (χ0) is 14.7. The number of benzene rings is 1. The summed E-state index contributed by atoms with van der Waals surface area (Å²) in [7, 11) is 0. The van der Waals surface area contributed by atoms with E-state index in [9.17, 15) is 8.78 Å². The molecular formula is C16H24F2N2. The second kappa shape index (κ2) is 6.64. The van der Waals surface area contributed by atoms with Gasteiger partial charge in [-0.25, -0.2) is 8.78 Å². The van der Waals surface area contributed by atoms with Gasteiger partial charge in [-0.3, -0.25) is 11.3 Å². The minimum Gasteiger partial charge on any atom is -0.271 e. The quantitative estimate of drug-likeness (QED) is 0.656. The molecule has 0 bridgehead atoms. The minimum absolute atomic E-state index is 0.00324. The summed E-state index contributed by atoms with van der Waals surface area (Å²) < 4.78 is 27.0. The lowest BCUT2D eigenvalue weighted by Gasteiger charge is -2.36. The predicted octanol–water partition coefficient (Wildman–Crippen LogP) is 3.41. The van der Waals surface area contributed by atoms with E-state index in [4.69, 9.17) is 5.84 Å². The van der Waals surface area contributed by atoms with Gasteiger partial charge in [-0.05, 0) is 55.1 Å². The molecule has 1 aliphatic rings. The van der Waals surface area contributed by atoms with E-state index in [0.29, 0.717) is 29.7 Å². The van der Waals surface area contributed by atoms with Crippen LogP contribution in [0, 0.1) is 29.4 Å². The largest absolute Gasteiger partial charge is 0.271 e. The SMILES string of the molecule is CC1CC(C)CC(C(Cc2cccc(F)c2F)NN)C1. The van der Waals surface area contributed by atoms with Gasteiger partial charge in [0.25, 0.3) is 0 Å². The first kappa shape index (κ1) is 15.4. The van der Waals surface area contributed by atoms with Crippen molar-refractivity contribution >= 4 is 0 Å². The molecular weight excluding hydrogens is 258 g/mol. The Bertz CT molecular complexity index is 440. The Balaban J connectivity index is 2.10. The smallest absolute Gasteiger partial charge is 0.162 e. The van der Waals surface area contributed by atoms with Gasteiger partial charge in [0.15, 0.2) is 11.6 Å². The highest BCUT2D eigenvalue weighted by Crippen LogP contribution is 2.35. The number of nitrogens with two attached hydrogens (primary N) is 1. The number of nitrogens with one attached hydrogen (secondary N) is 1. The molecule has 1 aromatic carbocycles. The van der Waals surface area contributed by atoms with Gasteiger partial charge in [-0.15, -0.1) is 0 Å². The maximum Gasteiger partial charge on any atom is 0.162 e. The van der Waals surface area contributed by atoms with E-state index < -0.39 is 11.6 Å². The first-order chi connectivity index (χ1) is 9.51. The lowest BCUT2D eigenvalue weighted by Crippen LogP contribution is -2.45. The van der Waals surface area contributed by atoms with Crippen LogP contribution in [0.5, 0.6) is 0 Å². The standard InChI is InChI=1S/C16H24F2N2/c1-10-6-11(2)8-13(7-10)15(20-19)9-12-4-3-5-14(17)16(12)18/h3-5,10-11,13,15,20H,6-9,19H2,1-2H3. The van der Waals surface area contributed by atoms with Gasteiger partial charge in [-0.1, -0.05) is 26.0 Å². The molecule has 1 fully saturated rings. The highest BCUT2D eigenvalue weighted by Gasteiger charge is 2.30. The van der Waals surface area contributed by atoms with Crippen LogP contribution in [-0.4, -0.2) is 6.04 Å². The van der Waals surface area contributed by atoms with E-state index in [1.165, 1.54) is 6.42 Å². The molecule has 2 rings (SSSR count). The normalized spacial score (nSPS) is 28.4. The van der Waals surface area contributed by atoms with Crippen molar-refractivity contribution in [2.45, 2.75) is 45.6 Å². The van der Waals surface area contributed by atoms with Crippen molar-refractivity contribution in [2.24, 2.45) is 23.6 Å². The van der Waals surface area contributed by atoms with Crippen molar-refractivity contribution in [1.29, 1.82) is 0 Å². The molecule has 0 spiro atoms. The van der Waals surface area contributed by atoms with E-state index in [0.717, 1.165) is 18.9 Å². The molecule has 20 heavy (non-hydrogen) atoms. The van der Waals surface area contributed by atoms with E-state index in [2.05, 4.69) is 19.3 Å². The van der Waals surface area contributed by atoms with Gasteiger partial charge in [-0.2, -0.15) is 0 Å². The summed E-state index contributed by atoms with van der Waals surface area (Å²) >= 11 is 0. The second-order valence-electron chi connectivity index (χ2n) is 6.37. The third kappa shape index (κ3) is 3.55. The van der Waals surface area contributed by atoms with Gasteiger partial charge in [0.05, 0.1) is 0 Å². The van der Waals surface area contributed by atoms with Crippen molar-refractivity contribution in [3.63, 3.8) is 0 Å². The number of halogens is 2. The zero-order valence-corrected chi connectivity index (χ0v) is 12.2. The number of rotatable bonds is 4. The molecule has 0 heterocycles. The molecule has 0 saturated heterocycles. The van der Waals surface area contributed by atoms with Crippen molar-refractivity contribution in [2.75, 3.05) is 0 Å². The first-order valence-electron chi connectivity index (χ1n) is 7.40. The molecule has 3 atom stereocenters. The van der Waals surface area contributed by atoms with Gasteiger partial charge < -0.3 is 0 Å². The highest BCUT2D eigenvalue weighted by molar-refractivity contribution is 5.20. The van der Waals surface area contributed by atoms with Gasteiger partial charge >= 0.3 is 0 Å². The van der Waals surface area contributed by atoms with E-state index in [-0.39, 0.29) is 6.04 Å². The Labute approximate surface area is 119 Å². The molecule has 2 nitrogen and oxygen atoms in total. The fourth-order valence-electron chi connectivity index (χ4n) is 3.64. The van der Waals surface area contributed by atoms with Crippen LogP contribution in [-0.2, 0) is 6.42 Å². The van der Waals surface area contributed by atoms with E-state index in [1.807, 2.05) is 0 Å². The fourth-order valence-corrected chi connectivity index (χ4v) is 3.64. The Kier molecular flexibility index (Phi) is 5.11. The fraction of sp³-hybridized carbons (Fsp3) is 0.625. The summed E-state index contributed by atoms with van der Waals surface area (Å²) in [5, 5.41) is 0. The van der Waals surface area contributed by atoms with Crippen molar-refractivity contribution in [1.82, 2.24) is 5.43 Å². The summed E-state index contributed by atoms with van der Waals surface area (Å²) in [6, 6.07) is 4.33. The van der Waals surface area contributed by atoms with Crippen LogP contribution < -0.4 is 11.3 Å². The van der Waals surface area contributed by atoms with E-state index in [1.54, 1.807) is 12.1 Å². The van der Waals surface area contributed by atoms with E-state index >= 15 is 0 Å². The van der Waals surface area contributed by atoms with Crippen LogP contribution in [0.4, 0.5) is 8.78 Å². The van der Waals surface area contributed by atoms with Gasteiger partial charge in [0, 0.05) is 6.04 Å². The summed E-state index contributed by atoms with van der Waals surface area (Å²) in [5.74, 6) is 5.88. The zero-order valence-electron chi connectivity index (χ0n) is 12.2. The lowest BCUT2D eigenvalue weighted by atomic mass is 9.73. The Morgan fingerprint density at radius 1 is 1.20 bits per heavy atom. The maximum atomic E-state index is 13.8. The molecule has 1 aromatic rings. The molecule has 3 unspecified atom stereocenters. The summed E-state index contributed by atoms with van der Waals surface area (Å²) in [4.78, 5) is 0. The van der Waals surface area contributed by atoms with Crippen molar-refractivity contribution in [3.05, 3.63) is 35.4 Å². The van der Waals surface area contributed by atoms with Crippen molar-refractivity contribution < 1.29 is 8.78 Å². The highest BCUT2D eigenvalue weighted by atomic mass is 19.2. The summed E-state index contributed by atoms with van der Waals surface area (Å²) in [5.41, 5.74) is 3.22. The second-order valence-corrected chi connectivity index (χ2v) is 6.37. The van der Waals surface area contributed by atoms with Crippen molar-refractivity contribution in [3.8, 4) is 0 Å². The molecule has 112 valence electrons. The van der Waals surface area contributed by atoms with Gasteiger partial charge in [0.2, 0.25) is 0 Å². The molecule has 0 aromatic heterocycles. The average molecular weight is 282 g/mol. The molecule has 3 N–H and O–H groups in total. The molecule has 1 saturated carbocycles.